The fourth-order valence-corrected chi connectivity index (χ4v) is 4.05. The average molecular weight is 320 g/mol. The first-order chi connectivity index (χ1) is 11.7. The lowest BCUT2D eigenvalue weighted by Gasteiger charge is -2.35. The second kappa shape index (κ2) is 4.83. The zero-order valence-corrected chi connectivity index (χ0v) is 13.3. The molecule has 1 fully saturated rings. The standard InChI is InChI=1S/C17H16N6O/c1-10-6-16-20-8-12-14-3-2-11(7-15(12)23(16)21-10)22(14)17(24)13-9-18-4-5-19-13/h4-6,8-9,11,14H,2-3,7H2,1H3. The van der Waals surface area contributed by atoms with E-state index in [1.807, 2.05) is 28.6 Å². The number of carbonyl (C=O) groups excluding carboxylic acids is 1. The molecule has 1 saturated heterocycles. The maximum atomic E-state index is 12.9. The van der Waals surface area contributed by atoms with Gasteiger partial charge in [0.05, 0.1) is 23.6 Å². The van der Waals surface area contributed by atoms with Gasteiger partial charge in [0, 0.05) is 42.7 Å². The van der Waals surface area contributed by atoms with Crippen LogP contribution in [0.5, 0.6) is 0 Å². The highest BCUT2D eigenvalue weighted by Crippen LogP contribution is 2.44. The Morgan fingerprint density at radius 2 is 2.12 bits per heavy atom. The van der Waals surface area contributed by atoms with E-state index in [4.69, 9.17) is 0 Å². The smallest absolute Gasteiger partial charge is 0.274 e. The molecule has 2 unspecified atom stereocenters. The minimum atomic E-state index is -0.0435. The van der Waals surface area contributed by atoms with Crippen molar-refractivity contribution in [2.24, 2.45) is 0 Å². The summed E-state index contributed by atoms with van der Waals surface area (Å²) >= 11 is 0. The van der Waals surface area contributed by atoms with Crippen LogP contribution in [0.3, 0.4) is 0 Å². The maximum absolute atomic E-state index is 12.9. The Balaban J connectivity index is 1.61. The first-order valence-corrected chi connectivity index (χ1v) is 8.15. The molecule has 2 aliphatic heterocycles. The number of aryl methyl sites for hydroxylation is 1. The first-order valence-electron chi connectivity index (χ1n) is 8.15. The third kappa shape index (κ3) is 1.81. The van der Waals surface area contributed by atoms with Gasteiger partial charge < -0.3 is 4.90 Å². The van der Waals surface area contributed by atoms with Crippen LogP contribution in [-0.2, 0) is 6.42 Å². The molecule has 0 N–H and O–H groups in total. The Bertz CT molecular complexity index is 950. The zero-order chi connectivity index (χ0) is 16.3. The van der Waals surface area contributed by atoms with Crippen molar-refractivity contribution in [1.29, 1.82) is 0 Å². The van der Waals surface area contributed by atoms with Crippen LogP contribution in [0, 0.1) is 6.92 Å². The van der Waals surface area contributed by atoms with E-state index < -0.39 is 0 Å². The quantitative estimate of drug-likeness (QED) is 0.682. The van der Waals surface area contributed by atoms with E-state index in [9.17, 15) is 4.79 Å². The molecule has 24 heavy (non-hydrogen) atoms. The van der Waals surface area contributed by atoms with E-state index in [1.54, 1.807) is 12.4 Å². The summed E-state index contributed by atoms with van der Waals surface area (Å²) in [5.41, 5.74) is 4.53. The summed E-state index contributed by atoms with van der Waals surface area (Å²) in [5.74, 6) is -0.0435. The minimum absolute atomic E-state index is 0.0435. The number of hydrogen-bond acceptors (Lipinski definition) is 5. The normalized spacial score (nSPS) is 22.0. The third-order valence-corrected chi connectivity index (χ3v) is 5.04. The fraction of sp³-hybridized carbons (Fsp3) is 0.353. The Morgan fingerprint density at radius 3 is 2.96 bits per heavy atom. The molecule has 2 bridgehead atoms. The van der Waals surface area contributed by atoms with Gasteiger partial charge in [0.2, 0.25) is 0 Å². The summed E-state index contributed by atoms with van der Waals surface area (Å²) < 4.78 is 1.94. The maximum Gasteiger partial charge on any atom is 0.274 e. The summed E-state index contributed by atoms with van der Waals surface area (Å²) in [6, 6.07) is 2.22. The molecule has 120 valence electrons. The van der Waals surface area contributed by atoms with Crippen molar-refractivity contribution in [3.8, 4) is 0 Å². The molecule has 1 amide bonds. The van der Waals surface area contributed by atoms with Gasteiger partial charge in [0.1, 0.15) is 5.69 Å². The van der Waals surface area contributed by atoms with Gasteiger partial charge in [-0.3, -0.25) is 9.78 Å². The molecule has 0 radical (unpaired) electrons. The van der Waals surface area contributed by atoms with Gasteiger partial charge in [0.25, 0.3) is 5.91 Å². The van der Waals surface area contributed by atoms with E-state index in [2.05, 4.69) is 20.1 Å². The molecule has 2 aliphatic rings. The molecule has 7 nitrogen and oxygen atoms in total. The lowest BCUT2D eigenvalue weighted by molar-refractivity contribution is 0.0636. The number of fused-ring (bicyclic) bond motifs is 6. The van der Waals surface area contributed by atoms with Crippen molar-refractivity contribution in [2.45, 2.75) is 38.3 Å². The topological polar surface area (TPSA) is 76.3 Å². The summed E-state index contributed by atoms with van der Waals surface area (Å²) in [4.78, 5) is 27.6. The molecule has 3 aromatic heterocycles. The second-order valence-corrected chi connectivity index (χ2v) is 6.47. The molecule has 5 heterocycles. The van der Waals surface area contributed by atoms with Crippen molar-refractivity contribution < 1.29 is 4.79 Å². The van der Waals surface area contributed by atoms with Gasteiger partial charge in [-0.25, -0.2) is 14.5 Å². The Hall–Kier alpha value is -2.83. The molecule has 3 aromatic rings. The van der Waals surface area contributed by atoms with Gasteiger partial charge in [0.15, 0.2) is 5.65 Å². The Morgan fingerprint density at radius 1 is 1.21 bits per heavy atom. The van der Waals surface area contributed by atoms with Gasteiger partial charge >= 0.3 is 0 Å². The first kappa shape index (κ1) is 13.6. The SMILES string of the molecule is Cc1cc2ncc3c(n2n1)CC1CCC3N1C(=O)c1cnccn1. The molecule has 5 rings (SSSR count). The molecule has 0 saturated carbocycles. The fourth-order valence-electron chi connectivity index (χ4n) is 4.05. The summed E-state index contributed by atoms with van der Waals surface area (Å²) in [7, 11) is 0. The molecular weight excluding hydrogens is 304 g/mol. The van der Waals surface area contributed by atoms with E-state index >= 15 is 0 Å². The van der Waals surface area contributed by atoms with Crippen LogP contribution >= 0.6 is 0 Å². The van der Waals surface area contributed by atoms with Crippen LogP contribution < -0.4 is 0 Å². The summed E-state index contributed by atoms with van der Waals surface area (Å²) in [6.45, 7) is 1.97. The molecule has 0 aliphatic carbocycles. The van der Waals surface area contributed by atoms with Crippen molar-refractivity contribution in [3.05, 3.63) is 53.5 Å². The van der Waals surface area contributed by atoms with E-state index in [0.717, 1.165) is 36.2 Å². The van der Waals surface area contributed by atoms with Crippen molar-refractivity contribution >= 4 is 11.6 Å². The zero-order valence-electron chi connectivity index (χ0n) is 13.3. The highest BCUT2D eigenvalue weighted by Gasteiger charge is 2.44. The van der Waals surface area contributed by atoms with Crippen LogP contribution in [0.4, 0.5) is 0 Å². The second-order valence-electron chi connectivity index (χ2n) is 6.47. The third-order valence-electron chi connectivity index (χ3n) is 5.04. The van der Waals surface area contributed by atoms with Gasteiger partial charge in [-0.15, -0.1) is 0 Å². The lowest BCUT2D eigenvalue weighted by atomic mass is 9.98. The summed E-state index contributed by atoms with van der Waals surface area (Å²) in [5, 5.41) is 4.58. The summed E-state index contributed by atoms with van der Waals surface area (Å²) in [6.07, 6.45) is 9.34. The van der Waals surface area contributed by atoms with Gasteiger partial charge in [-0.05, 0) is 19.8 Å². The van der Waals surface area contributed by atoms with Crippen LogP contribution in [0.15, 0.2) is 30.9 Å². The number of carbonyl (C=O) groups is 1. The predicted octanol–water partition coefficient (Wildman–Crippen LogP) is 1.73. The minimum Gasteiger partial charge on any atom is -0.327 e. The molecule has 0 spiro atoms. The van der Waals surface area contributed by atoms with Crippen LogP contribution in [-0.4, -0.2) is 41.4 Å². The van der Waals surface area contributed by atoms with Crippen LogP contribution in [0.25, 0.3) is 5.65 Å². The predicted molar refractivity (Wildman–Crippen MR) is 85.4 cm³/mol. The van der Waals surface area contributed by atoms with E-state index in [-0.39, 0.29) is 18.0 Å². The van der Waals surface area contributed by atoms with Gasteiger partial charge in [-0.1, -0.05) is 0 Å². The van der Waals surface area contributed by atoms with Crippen molar-refractivity contribution in [2.75, 3.05) is 0 Å². The molecule has 0 aromatic carbocycles. The number of nitrogens with zero attached hydrogens (tertiary/aromatic N) is 6. The van der Waals surface area contributed by atoms with Crippen LogP contribution in [0.2, 0.25) is 0 Å². The van der Waals surface area contributed by atoms with E-state index in [1.165, 1.54) is 11.9 Å². The largest absolute Gasteiger partial charge is 0.327 e. The Kier molecular flexibility index (Phi) is 2.74. The van der Waals surface area contributed by atoms with E-state index in [0.29, 0.717) is 5.69 Å². The van der Waals surface area contributed by atoms with Crippen molar-refractivity contribution in [1.82, 2.24) is 29.5 Å². The number of amides is 1. The highest BCUT2D eigenvalue weighted by atomic mass is 16.2. The molecular formula is C17H16N6O. The Labute approximate surface area is 138 Å². The monoisotopic (exact) mass is 320 g/mol. The molecule has 7 heteroatoms. The average Bonchev–Trinajstić information content (AvgIpc) is 3.14. The lowest BCUT2D eigenvalue weighted by Crippen LogP contribution is -2.43. The van der Waals surface area contributed by atoms with Crippen molar-refractivity contribution in [3.63, 3.8) is 0 Å². The number of aromatic nitrogens is 5. The highest BCUT2D eigenvalue weighted by molar-refractivity contribution is 5.93. The molecule has 2 atom stereocenters. The van der Waals surface area contributed by atoms with Crippen LogP contribution in [0.1, 0.15) is 46.3 Å². The number of rotatable bonds is 1. The number of hydrogen-bond donors (Lipinski definition) is 0. The van der Waals surface area contributed by atoms with Gasteiger partial charge in [-0.2, -0.15) is 5.10 Å².